The number of aliphatic hydroxyl groups is 1. The molecule has 4 heteroatoms. The first-order chi connectivity index (χ1) is 13.5. The molecule has 0 atom stereocenters. The predicted molar refractivity (Wildman–Crippen MR) is 109 cm³/mol. The molecule has 4 nitrogen and oxygen atoms in total. The molecule has 2 aromatic carbocycles. The third-order valence-corrected chi connectivity index (χ3v) is 6.49. The molecule has 28 heavy (non-hydrogen) atoms. The number of piperidine rings is 1. The van der Waals surface area contributed by atoms with Crippen molar-refractivity contribution in [2.45, 2.75) is 50.2 Å². The Kier molecular flexibility index (Phi) is 5.02. The molecule has 2 fully saturated rings. The third kappa shape index (κ3) is 3.47. The highest BCUT2D eigenvalue weighted by atomic mass is 16.5. The lowest BCUT2D eigenvalue weighted by molar-refractivity contribution is -0.143. The first kappa shape index (κ1) is 19.2. The van der Waals surface area contributed by atoms with E-state index in [4.69, 9.17) is 4.74 Å². The largest absolute Gasteiger partial charge is 0.468 e. The van der Waals surface area contributed by atoms with Gasteiger partial charge in [-0.3, -0.25) is 9.69 Å². The van der Waals surface area contributed by atoms with Gasteiger partial charge in [0.15, 0.2) is 0 Å². The normalized spacial score (nSPS) is 20.5. The van der Waals surface area contributed by atoms with Crippen LogP contribution in [0.4, 0.5) is 0 Å². The van der Waals surface area contributed by atoms with Crippen molar-refractivity contribution in [1.82, 2.24) is 4.90 Å². The minimum Gasteiger partial charge on any atom is -0.468 e. The van der Waals surface area contributed by atoms with Gasteiger partial charge in [0.2, 0.25) is 0 Å². The van der Waals surface area contributed by atoms with Gasteiger partial charge >= 0.3 is 5.97 Å². The molecule has 0 radical (unpaired) electrons. The summed E-state index contributed by atoms with van der Waals surface area (Å²) in [4.78, 5) is 14.8. The van der Waals surface area contributed by atoms with Crippen molar-refractivity contribution in [2.24, 2.45) is 0 Å². The van der Waals surface area contributed by atoms with E-state index in [2.05, 4.69) is 30.0 Å². The van der Waals surface area contributed by atoms with Crippen molar-refractivity contribution in [1.29, 1.82) is 0 Å². The van der Waals surface area contributed by atoms with Crippen molar-refractivity contribution < 1.29 is 14.6 Å². The molecule has 1 saturated heterocycles. The Balaban J connectivity index is 1.50. The Morgan fingerprint density at radius 1 is 1.07 bits per heavy atom. The molecule has 1 heterocycles. The summed E-state index contributed by atoms with van der Waals surface area (Å²) in [6.07, 6.45) is 3.17. The Bertz CT molecular complexity index is 849. The smallest absolute Gasteiger partial charge is 0.316 e. The average molecular weight is 380 g/mol. The Morgan fingerprint density at radius 3 is 2.36 bits per heavy atom. The molecule has 2 aromatic rings. The van der Waals surface area contributed by atoms with E-state index < -0.39 is 11.0 Å². The van der Waals surface area contributed by atoms with Crippen LogP contribution in [0, 0.1) is 6.92 Å². The molecule has 1 aliphatic heterocycles. The molecule has 0 spiro atoms. The quantitative estimate of drug-likeness (QED) is 0.805. The highest BCUT2D eigenvalue weighted by Gasteiger charge is 2.53. The van der Waals surface area contributed by atoms with Gasteiger partial charge in [0.05, 0.1) is 18.1 Å². The van der Waals surface area contributed by atoms with E-state index in [9.17, 15) is 9.90 Å². The second kappa shape index (κ2) is 7.34. The van der Waals surface area contributed by atoms with Crippen LogP contribution in [0.3, 0.4) is 0 Å². The van der Waals surface area contributed by atoms with Gasteiger partial charge in [-0.15, -0.1) is 0 Å². The van der Waals surface area contributed by atoms with E-state index in [1.165, 1.54) is 18.2 Å². The summed E-state index contributed by atoms with van der Waals surface area (Å²) in [6, 6.07) is 16.4. The highest BCUT2D eigenvalue weighted by molar-refractivity contribution is 5.87. The van der Waals surface area contributed by atoms with Crippen molar-refractivity contribution in [3.63, 3.8) is 0 Å². The fourth-order valence-corrected chi connectivity index (χ4v) is 4.58. The summed E-state index contributed by atoms with van der Waals surface area (Å²) >= 11 is 0. The molecule has 2 aliphatic rings. The molecule has 0 bridgehead atoms. The number of nitrogens with zero attached hydrogens (tertiary/aromatic N) is 1. The van der Waals surface area contributed by atoms with Crippen LogP contribution in [0.25, 0.3) is 0 Å². The van der Waals surface area contributed by atoms with Gasteiger partial charge in [0, 0.05) is 19.6 Å². The Hall–Kier alpha value is -2.17. The first-order valence-electron chi connectivity index (χ1n) is 10.2. The highest BCUT2D eigenvalue weighted by Crippen LogP contribution is 2.50. The van der Waals surface area contributed by atoms with Crippen molar-refractivity contribution in [2.75, 3.05) is 20.2 Å². The van der Waals surface area contributed by atoms with E-state index in [0.29, 0.717) is 0 Å². The minimum absolute atomic E-state index is 0.116. The number of methoxy groups -OCH3 is 1. The van der Waals surface area contributed by atoms with E-state index >= 15 is 0 Å². The number of benzene rings is 2. The van der Waals surface area contributed by atoms with E-state index in [0.717, 1.165) is 56.4 Å². The molecule has 4 rings (SSSR count). The minimum atomic E-state index is -0.739. The summed E-state index contributed by atoms with van der Waals surface area (Å²) in [5.41, 5.74) is 3.36. The standard InChI is InChI=1S/C24H29NO3/c1-18-8-9-21(23(10-11-23)22(26)28-2)19(16-18)17-25-14-12-24(27,13-15-25)20-6-4-3-5-7-20/h3-9,16,27H,10-15,17H2,1-2H3. The van der Waals surface area contributed by atoms with E-state index in [1.807, 2.05) is 30.3 Å². The summed E-state index contributed by atoms with van der Waals surface area (Å²) in [5.74, 6) is -0.116. The number of hydrogen-bond donors (Lipinski definition) is 1. The first-order valence-corrected chi connectivity index (χ1v) is 10.2. The Morgan fingerprint density at radius 2 is 1.75 bits per heavy atom. The number of likely N-dealkylation sites (tertiary alicyclic amines) is 1. The molecular weight excluding hydrogens is 350 g/mol. The lowest BCUT2D eigenvalue weighted by atomic mass is 9.84. The van der Waals surface area contributed by atoms with Crippen LogP contribution < -0.4 is 0 Å². The van der Waals surface area contributed by atoms with Crippen LogP contribution in [0.15, 0.2) is 48.5 Å². The molecule has 1 N–H and O–H groups in total. The number of carbonyl (C=O) groups is 1. The van der Waals surface area contributed by atoms with Gasteiger partial charge in [0.25, 0.3) is 0 Å². The number of hydrogen-bond acceptors (Lipinski definition) is 4. The van der Waals surface area contributed by atoms with Crippen molar-refractivity contribution >= 4 is 5.97 Å². The molecular formula is C24H29NO3. The molecule has 0 aromatic heterocycles. The van der Waals surface area contributed by atoms with Gasteiger partial charge < -0.3 is 9.84 Å². The van der Waals surface area contributed by atoms with Crippen LogP contribution in [-0.4, -0.2) is 36.2 Å². The summed E-state index contributed by atoms with van der Waals surface area (Å²) < 4.78 is 5.10. The van der Waals surface area contributed by atoms with Gasteiger partial charge in [-0.05, 0) is 49.3 Å². The number of aryl methyl sites for hydroxylation is 1. The second-order valence-electron chi connectivity index (χ2n) is 8.41. The maximum Gasteiger partial charge on any atom is 0.316 e. The summed E-state index contributed by atoms with van der Waals surface area (Å²) in [7, 11) is 1.48. The zero-order valence-corrected chi connectivity index (χ0v) is 16.8. The summed E-state index contributed by atoms with van der Waals surface area (Å²) in [5, 5.41) is 11.1. The van der Waals surface area contributed by atoms with Gasteiger partial charge in [0.1, 0.15) is 0 Å². The number of ether oxygens (including phenoxy) is 1. The third-order valence-electron chi connectivity index (χ3n) is 6.49. The molecule has 0 amide bonds. The van der Waals surface area contributed by atoms with Gasteiger partial charge in [-0.2, -0.15) is 0 Å². The van der Waals surface area contributed by atoms with Crippen LogP contribution in [-0.2, 0) is 27.1 Å². The summed E-state index contributed by atoms with van der Waals surface area (Å²) in [6.45, 7) is 4.57. The molecule has 1 aliphatic carbocycles. The number of carbonyl (C=O) groups excluding carboxylic acids is 1. The van der Waals surface area contributed by atoms with Crippen LogP contribution >= 0.6 is 0 Å². The Labute approximate surface area is 167 Å². The van der Waals surface area contributed by atoms with Gasteiger partial charge in [-0.25, -0.2) is 0 Å². The lowest BCUT2D eigenvalue weighted by Crippen LogP contribution is -2.42. The SMILES string of the molecule is COC(=O)C1(c2ccc(C)cc2CN2CCC(O)(c3ccccc3)CC2)CC1. The van der Waals surface area contributed by atoms with Crippen LogP contribution in [0.1, 0.15) is 47.9 Å². The van der Waals surface area contributed by atoms with Crippen LogP contribution in [0.2, 0.25) is 0 Å². The molecule has 1 saturated carbocycles. The monoisotopic (exact) mass is 379 g/mol. The zero-order valence-electron chi connectivity index (χ0n) is 16.8. The second-order valence-corrected chi connectivity index (χ2v) is 8.41. The van der Waals surface area contributed by atoms with E-state index in [-0.39, 0.29) is 5.97 Å². The lowest BCUT2D eigenvalue weighted by Gasteiger charge is -2.39. The zero-order chi connectivity index (χ0) is 19.8. The predicted octanol–water partition coefficient (Wildman–Crippen LogP) is 3.68. The van der Waals surface area contributed by atoms with Gasteiger partial charge in [-0.1, -0.05) is 54.1 Å². The molecule has 0 unspecified atom stereocenters. The van der Waals surface area contributed by atoms with Crippen molar-refractivity contribution in [3.05, 3.63) is 70.8 Å². The average Bonchev–Trinajstić information content (AvgIpc) is 3.52. The topological polar surface area (TPSA) is 49.8 Å². The van der Waals surface area contributed by atoms with E-state index in [1.54, 1.807) is 0 Å². The maximum absolute atomic E-state index is 12.4. The van der Waals surface area contributed by atoms with Crippen LogP contribution in [0.5, 0.6) is 0 Å². The van der Waals surface area contributed by atoms with Crippen molar-refractivity contribution in [3.8, 4) is 0 Å². The number of rotatable bonds is 5. The maximum atomic E-state index is 12.4. The number of esters is 1. The fourth-order valence-electron chi connectivity index (χ4n) is 4.58. The molecule has 148 valence electrons. The fraction of sp³-hybridized carbons (Fsp3) is 0.458.